The van der Waals surface area contributed by atoms with E-state index in [1.165, 1.54) is 36.7 Å². The lowest BCUT2D eigenvalue weighted by Gasteiger charge is -2.15. The molecule has 37 heavy (non-hydrogen) atoms. The number of nitrogens with two attached hydrogens (primary N) is 1. The number of rotatable bonds is 8. The van der Waals surface area contributed by atoms with Crippen molar-refractivity contribution in [3.05, 3.63) is 101 Å². The van der Waals surface area contributed by atoms with Crippen LogP contribution in [0.4, 0.5) is 8.78 Å². The Morgan fingerprint density at radius 3 is 2.62 bits per heavy atom. The van der Waals surface area contributed by atoms with Crippen molar-refractivity contribution < 1.29 is 21.9 Å². The SMILES string of the molecule is N#Cc1cc(Oc2c(F)cc3c(ccn3S(=O)(=O)c3ccccc3)c2CC(N)=CC=NPI)ccc1F. The second kappa shape index (κ2) is 11.4. The van der Waals surface area contributed by atoms with Crippen LogP contribution < -0.4 is 10.5 Å². The molecule has 188 valence electrons. The minimum absolute atomic E-state index is 0.00166. The first kappa shape index (κ1) is 26.7. The Kier molecular flexibility index (Phi) is 8.22. The largest absolute Gasteiger partial charge is 0.454 e. The summed E-state index contributed by atoms with van der Waals surface area (Å²) in [5.74, 6) is -1.79. The third-order valence-corrected chi connectivity index (χ3v) is 8.13. The maximum atomic E-state index is 15.6. The van der Waals surface area contributed by atoms with E-state index in [0.717, 1.165) is 22.2 Å². The van der Waals surface area contributed by atoms with Gasteiger partial charge in [0, 0.05) is 47.6 Å². The number of nitriles is 1. The lowest BCUT2D eigenvalue weighted by molar-refractivity contribution is 0.437. The van der Waals surface area contributed by atoms with Crippen LogP contribution in [0.25, 0.3) is 10.9 Å². The highest BCUT2D eigenvalue weighted by molar-refractivity contribution is 14.2. The molecule has 0 aliphatic carbocycles. The Hall–Kier alpha value is -3.33. The molecule has 0 spiro atoms. The zero-order valence-corrected chi connectivity index (χ0v) is 22.9. The molecule has 2 N–H and O–H groups in total. The minimum atomic E-state index is -4.02. The number of halogens is 3. The normalized spacial score (nSPS) is 12.5. The van der Waals surface area contributed by atoms with Gasteiger partial charge in [0.15, 0.2) is 11.6 Å². The van der Waals surface area contributed by atoms with Gasteiger partial charge in [-0.15, -0.1) is 0 Å². The monoisotopic (exact) mass is 650 g/mol. The molecule has 0 fully saturated rings. The van der Waals surface area contributed by atoms with Gasteiger partial charge in [-0.05, 0) is 58.4 Å². The summed E-state index contributed by atoms with van der Waals surface area (Å²) in [6, 6.07) is 15.6. The molecular weight excluding hydrogens is 632 g/mol. The molecule has 0 bridgehead atoms. The van der Waals surface area contributed by atoms with Gasteiger partial charge in [0.1, 0.15) is 17.6 Å². The molecule has 0 saturated heterocycles. The van der Waals surface area contributed by atoms with Crippen molar-refractivity contribution in [3.8, 4) is 17.6 Å². The lowest BCUT2D eigenvalue weighted by atomic mass is 10.0. The highest BCUT2D eigenvalue weighted by atomic mass is 127. The number of nitrogens with zero attached hydrogens (tertiary/aromatic N) is 3. The molecule has 0 saturated carbocycles. The predicted molar refractivity (Wildman–Crippen MR) is 149 cm³/mol. The van der Waals surface area contributed by atoms with Crippen LogP contribution in [0.15, 0.2) is 88.3 Å². The van der Waals surface area contributed by atoms with E-state index < -0.39 is 21.7 Å². The third-order valence-electron chi connectivity index (χ3n) is 5.34. The Bertz CT molecular complexity index is 1680. The van der Waals surface area contributed by atoms with E-state index in [-0.39, 0.29) is 39.5 Å². The first-order valence-electron chi connectivity index (χ1n) is 10.6. The standard InChI is InChI=1S/C25H18F2IN4O3PS/c26-22-7-6-18(12-16(22)15-29)35-25-21(13-17(30)8-10-31-36-28)20-9-11-32(24(20)14-23(25)27)37(33,34)19-4-2-1-3-5-19/h1-12,14,36H,13,30H2. The maximum absolute atomic E-state index is 15.6. The summed E-state index contributed by atoms with van der Waals surface area (Å²) < 4.78 is 66.8. The number of hydrogen-bond acceptors (Lipinski definition) is 6. The fourth-order valence-corrected chi connectivity index (χ4v) is 5.64. The van der Waals surface area contributed by atoms with Gasteiger partial charge >= 0.3 is 0 Å². The van der Waals surface area contributed by atoms with Crippen LogP contribution >= 0.6 is 28.4 Å². The van der Waals surface area contributed by atoms with Crippen LogP contribution in [-0.2, 0) is 16.4 Å². The molecule has 4 rings (SSSR count). The Balaban J connectivity index is 1.90. The summed E-state index contributed by atoms with van der Waals surface area (Å²) >= 11 is 2.10. The number of fused-ring (bicyclic) bond motifs is 1. The van der Waals surface area contributed by atoms with Gasteiger partial charge in [-0.1, -0.05) is 18.2 Å². The van der Waals surface area contributed by atoms with Crippen molar-refractivity contribution in [2.24, 2.45) is 10.5 Å². The van der Waals surface area contributed by atoms with Crippen LogP contribution in [0.2, 0.25) is 0 Å². The average Bonchev–Trinajstić information content (AvgIpc) is 3.32. The average molecular weight is 650 g/mol. The van der Waals surface area contributed by atoms with E-state index in [1.54, 1.807) is 30.3 Å². The molecular formula is C25H18F2IN4O3PS. The van der Waals surface area contributed by atoms with Crippen LogP contribution in [0.3, 0.4) is 0 Å². The van der Waals surface area contributed by atoms with Gasteiger partial charge in [-0.3, -0.25) is 4.76 Å². The zero-order chi connectivity index (χ0) is 26.6. The lowest BCUT2D eigenvalue weighted by Crippen LogP contribution is -2.12. The first-order valence-corrected chi connectivity index (χ1v) is 16.1. The number of aromatic nitrogens is 1. The zero-order valence-electron chi connectivity index (χ0n) is 18.9. The second-order valence-electron chi connectivity index (χ2n) is 7.67. The summed E-state index contributed by atoms with van der Waals surface area (Å²) in [6.07, 6.45) is 4.73. The van der Waals surface area contributed by atoms with Gasteiger partial charge in [-0.25, -0.2) is 21.2 Å². The highest BCUT2D eigenvalue weighted by Crippen LogP contribution is 2.37. The molecule has 0 amide bonds. The van der Waals surface area contributed by atoms with E-state index in [2.05, 4.69) is 26.8 Å². The number of allylic oxidation sites excluding steroid dienone is 2. The molecule has 7 nitrogen and oxygen atoms in total. The summed E-state index contributed by atoms with van der Waals surface area (Å²) in [5, 5.41) is 9.53. The van der Waals surface area contributed by atoms with Gasteiger partial charge in [0.25, 0.3) is 10.0 Å². The molecule has 1 heterocycles. The number of benzene rings is 3. The fraction of sp³-hybridized carbons (Fsp3) is 0.0400. The van der Waals surface area contributed by atoms with Crippen molar-refractivity contribution in [2.75, 3.05) is 0 Å². The topological polar surface area (TPSA) is 110 Å². The highest BCUT2D eigenvalue weighted by Gasteiger charge is 2.24. The van der Waals surface area contributed by atoms with Crippen molar-refractivity contribution >= 4 is 55.6 Å². The van der Waals surface area contributed by atoms with Gasteiger partial charge in [0.05, 0.1) is 22.3 Å². The minimum Gasteiger partial charge on any atom is -0.454 e. The van der Waals surface area contributed by atoms with Crippen LogP contribution in [0, 0.1) is 23.0 Å². The summed E-state index contributed by atoms with van der Waals surface area (Å²) in [7, 11) is -4.02. The molecule has 1 atom stereocenters. The molecule has 12 heteroatoms. The Morgan fingerprint density at radius 1 is 1.16 bits per heavy atom. The third kappa shape index (κ3) is 5.66. The quantitative estimate of drug-likeness (QED) is 0.138. The van der Waals surface area contributed by atoms with E-state index in [4.69, 9.17) is 15.7 Å². The Morgan fingerprint density at radius 2 is 1.92 bits per heavy atom. The van der Waals surface area contributed by atoms with Gasteiger partial charge < -0.3 is 10.5 Å². The summed E-state index contributed by atoms with van der Waals surface area (Å²) in [5.41, 5.74) is 6.60. The fourth-order valence-electron chi connectivity index (χ4n) is 3.67. The molecule has 0 aliphatic heterocycles. The van der Waals surface area contributed by atoms with Crippen LogP contribution in [0.1, 0.15) is 11.1 Å². The summed E-state index contributed by atoms with van der Waals surface area (Å²) in [4.78, 5) is 0.0420. The molecule has 1 aromatic heterocycles. The number of hydrogen-bond donors (Lipinski definition) is 1. The van der Waals surface area contributed by atoms with Crippen molar-refractivity contribution in [2.45, 2.75) is 11.3 Å². The smallest absolute Gasteiger partial charge is 0.268 e. The van der Waals surface area contributed by atoms with E-state index in [1.807, 2.05) is 0 Å². The predicted octanol–water partition coefficient (Wildman–Crippen LogP) is 6.22. The molecule has 4 aromatic rings. The maximum Gasteiger partial charge on any atom is 0.268 e. The second-order valence-corrected chi connectivity index (χ2v) is 11.4. The van der Waals surface area contributed by atoms with E-state index in [9.17, 15) is 12.8 Å². The van der Waals surface area contributed by atoms with Crippen molar-refractivity contribution in [1.82, 2.24) is 3.97 Å². The van der Waals surface area contributed by atoms with Gasteiger partial charge in [0.2, 0.25) is 0 Å². The van der Waals surface area contributed by atoms with E-state index in [0.29, 0.717) is 17.5 Å². The molecule has 1 unspecified atom stereocenters. The molecule has 3 aromatic carbocycles. The number of ether oxygens (including phenoxy) is 1. The summed E-state index contributed by atoms with van der Waals surface area (Å²) in [6.45, 7) is 0. The Labute approximate surface area is 226 Å². The molecule has 0 radical (unpaired) electrons. The van der Waals surface area contributed by atoms with Gasteiger partial charge in [-0.2, -0.15) is 5.26 Å². The van der Waals surface area contributed by atoms with Crippen molar-refractivity contribution in [3.63, 3.8) is 0 Å². The van der Waals surface area contributed by atoms with Crippen LogP contribution in [0.5, 0.6) is 11.5 Å². The molecule has 0 aliphatic rings. The van der Waals surface area contributed by atoms with Crippen molar-refractivity contribution in [1.29, 1.82) is 5.26 Å². The first-order chi connectivity index (χ1) is 17.8. The van der Waals surface area contributed by atoms with E-state index >= 15 is 4.39 Å². The van der Waals surface area contributed by atoms with Crippen LogP contribution in [-0.4, -0.2) is 18.6 Å².